The van der Waals surface area contributed by atoms with Crippen molar-refractivity contribution >= 4 is 6.47 Å². The van der Waals surface area contributed by atoms with Crippen molar-refractivity contribution in [1.82, 2.24) is 0 Å². The van der Waals surface area contributed by atoms with Crippen molar-refractivity contribution in [2.24, 2.45) is 0 Å². The van der Waals surface area contributed by atoms with E-state index in [1.54, 1.807) is 7.11 Å². The fourth-order valence-corrected chi connectivity index (χ4v) is 2.18. The molecule has 2 rings (SSSR count). The summed E-state index contributed by atoms with van der Waals surface area (Å²) in [5.41, 5.74) is 1.11. The van der Waals surface area contributed by atoms with Crippen molar-refractivity contribution in [3.63, 3.8) is 0 Å². The molecule has 0 radical (unpaired) electrons. The van der Waals surface area contributed by atoms with Crippen molar-refractivity contribution in [3.05, 3.63) is 29.8 Å². The third-order valence-corrected chi connectivity index (χ3v) is 3.14. The van der Waals surface area contributed by atoms with Gasteiger partial charge in [-0.1, -0.05) is 18.2 Å². The molecule has 1 atom stereocenters. The molecule has 0 amide bonds. The summed E-state index contributed by atoms with van der Waals surface area (Å²) < 4.78 is 16.7. The molecule has 0 bridgehead atoms. The van der Waals surface area contributed by atoms with Crippen LogP contribution in [0.1, 0.15) is 31.4 Å². The molecule has 0 spiro atoms. The first-order valence-electron chi connectivity index (χ1n) is 6.66. The number of carbonyl (C=O) groups is 1. The first kappa shape index (κ1) is 16.5. The van der Waals surface area contributed by atoms with E-state index in [0.717, 1.165) is 37.4 Å². The van der Waals surface area contributed by atoms with Crippen LogP contribution in [0.5, 0.6) is 5.75 Å². The number of carboxylic acid groups (broad SMARTS) is 1. The summed E-state index contributed by atoms with van der Waals surface area (Å²) in [6.07, 6.45) is 2.34. The monoisotopic (exact) mass is 282 g/mol. The molecule has 5 nitrogen and oxygen atoms in total. The maximum absolute atomic E-state index is 8.36. The Bertz CT molecular complexity index is 388. The van der Waals surface area contributed by atoms with E-state index in [2.05, 4.69) is 13.0 Å². The van der Waals surface area contributed by atoms with Crippen LogP contribution in [0, 0.1) is 0 Å². The zero-order valence-electron chi connectivity index (χ0n) is 12.0. The Balaban J connectivity index is 0.000000612. The van der Waals surface area contributed by atoms with Crippen LogP contribution in [0.15, 0.2) is 24.3 Å². The molecule has 0 aliphatic carbocycles. The zero-order chi connectivity index (χ0) is 14.8. The quantitative estimate of drug-likeness (QED) is 0.860. The highest BCUT2D eigenvalue weighted by atomic mass is 16.5. The standard InChI is InChI=1S/C14H20O3.CH2O2/c1-11(17-12-7-9-16-10-8-12)13-5-3-4-6-14(13)15-2;2-1-3/h3-6,11-12H,7-10H2,1-2H3;1H,(H,2,3). The number of hydrogen-bond donors (Lipinski definition) is 1. The first-order valence-corrected chi connectivity index (χ1v) is 6.66. The Morgan fingerprint density at radius 2 is 1.95 bits per heavy atom. The summed E-state index contributed by atoms with van der Waals surface area (Å²) in [7, 11) is 1.69. The van der Waals surface area contributed by atoms with Crippen molar-refractivity contribution in [2.45, 2.75) is 32.0 Å². The van der Waals surface area contributed by atoms with E-state index < -0.39 is 0 Å². The van der Waals surface area contributed by atoms with E-state index in [9.17, 15) is 0 Å². The van der Waals surface area contributed by atoms with E-state index in [4.69, 9.17) is 24.1 Å². The molecule has 1 aromatic carbocycles. The van der Waals surface area contributed by atoms with Gasteiger partial charge in [-0.05, 0) is 25.8 Å². The summed E-state index contributed by atoms with van der Waals surface area (Å²) in [6.45, 7) is 3.44. The highest BCUT2D eigenvalue weighted by Crippen LogP contribution is 2.29. The predicted molar refractivity (Wildman–Crippen MR) is 75.0 cm³/mol. The van der Waals surface area contributed by atoms with Gasteiger partial charge in [0.05, 0.1) is 19.3 Å². The minimum atomic E-state index is -0.250. The number of ether oxygens (including phenoxy) is 3. The van der Waals surface area contributed by atoms with E-state index >= 15 is 0 Å². The van der Waals surface area contributed by atoms with Crippen LogP contribution in [-0.2, 0) is 14.3 Å². The third kappa shape index (κ3) is 5.19. The van der Waals surface area contributed by atoms with Gasteiger partial charge < -0.3 is 19.3 Å². The molecule has 1 aliphatic heterocycles. The van der Waals surface area contributed by atoms with Gasteiger partial charge in [-0.25, -0.2) is 0 Å². The number of methoxy groups -OCH3 is 1. The average molecular weight is 282 g/mol. The molecule has 1 fully saturated rings. The lowest BCUT2D eigenvalue weighted by atomic mass is 10.1. The second kappa shape index (κ2) is 9.34. The Kier molecular flexibility index (Phi) is 7.69. The van der Waals surface area contributed by atoms with Crippen LogP contribution < -0.4 is 4.74 Å². The minimum Gasteiger partial charge on any atom is -0.496 e. The number of para-hydroxylation sites is 1. The van der Waals surface area contributed by atoms with Crippen molar-refractivity contribution in [1.29, 1.82) is 0 Å². The summed E-state index contributed by atoms with van der Waals surface area (Å²) in [5, 5.41) is 6.89. The molecule has 5 heteroatoms. The molecule has 1 aliphatic rings. The van der Waals surface area contributed by atoms with Gasteiger partial charge in [-0.2, -0.15) is 0 Å². The highest BCUT2D eigenvalue weighted by molar-refractivity contribution is 5.34. The molecule has 1 N–H and O–H groups in total. The SMILES string of the molecule is COc1ccccc1C(C)OC1CCOCC1.O=CO. The molecular weight excluding hydrogens is 260 g/mol. The van der Waals surface area contributed by atoms with Gasteiger partial charge in [-0.3, -0.25) is 4.79 Å². The summed E-state index contributed by atoms with van der Waals surface area (Å²) in [5.74, 6) is 0.895. The molecule has 0 aromatic heterocycles. The third-order valence-electron chi connectivity index (χ3n) is 3.14. The smallest absolute Gasteiger partial charge is 0.290 e. The van der Waals surface area contributed by atoms with Gasteiger partial charge in [0.1, 0.15) is 5.75 Å². The second-order valence-corrected chi connectivity index (χ2v) is 4.44. The van der Waals surface area contributed by atoms with Crippen LogP contribution in [0.4, 0.5) is 0 Å². The van der Waals surface area contributed by atoms with Crippen LogP contribution in [-0.4, -0.2) is 38.0 Å². The van der Waals surface area contributed by atoms with Gasteiger partial charge in [0.25, 0.3) is 6.47 Å². The number of rotatable bonds is 4. The predicted octanol–water partition coefficient (Wildman–Crippen LogP) is 2.65. The Hall–Kier alpha value is -1.59. The lowest BCUT2D eigenvalue weighted by Gasteiger charge is -2.26. The van der Waals surface area contributed by atoms with Gasteiger partial charge in [0, 0.05) is 18.8 Å². The average Bonchev–Trinajstić information content (AvgIpc) is 2.49. The fraction of sp³-hybridized carbons (Fsp3) is 0.533. The lowest BCUT2D eigenvalue weighted by Crippen LogP contribution is -2.24. The van der Waals surface area contributed by atoms with Crippen LogP contribution >= 0.6 is 0 Å². The lowest BCUT2D eigenvalue weighted by molar-refractivity contribution is -0.122. The van der Waals surface area contributed by atoms with Gasteiger partial charge >= 0.3 is 0 Å². The summed E-state index contributed by atoms with van der Waals surface area (Å²) in [6, 6.07) is 8.02. The molecule has 20 heavy (non-hydrogen) atoms. The van der Waals surface area contributed by atoms with Crippen molar-refractivity contribution in [2.75, 3.05) is 20.3 Å². The Labute approximate surface area is 119 Å². The normalized spacial score (nSPS) is 16.7. The van der Waals surface area contributed by atoms with Gasteiger partial charge in [0.2, 0.25) is 0 Å². The molecule has 0 saturated carbocycles. The number of hydrogen-bond acceptors (Lipinski definition) is 4. The maximum Gasteiger partial charge on any atom is 0.290 e. The van der Waals surface area contributed by atoms with Crippen LogP contribution in [0.2, 0.25) is 0 Å². The zero-order valence-corrected chi connectivity index (χ0v) is 12.0. The van der Waals surface area contributed by atoms with E-state index in [1.807, 2.05) is 18.2 Å². The van der Waals surface area contributed by atoms with E-state index in [0.29, 0.717) is 6.10 Å². The van der Waals surface area contributed by atoms with E-state index in [1.165, 1.54) is 0 Å². The van der Waals surface area contributed by atoms with Crippen molar-refractivity contribution < 1.29 is 24.1 Å². The van der Waals surface area contributed by atoms with Crippen LogP contribution in [0.25, 0.3) is 0 Å². The Morgan fingerprint density at radius 1 is 1.35 bits per heavy atom. The molecule has 1 aromatic rings. The number of benzene rings is 1. The van der Waals surface area contributed by atoms with Gasteiger partial charge in [0.15, 0.2) is 0 Å². The first-order chi connectivity index (χ1) is 9.72. The summed E-state index contributed by atoms with van der Waals surface area (Å²) in [4.78, 5) is 8.36. The highest BCUT2D eigenvalue weighted by Gasteiger charge is 2.19. The van der Waals surface area contributed by atoms with Crippen molar-refractivity contribution in [3.8, 4) is 5.75 Å². The minimum absolute atomic E-state index is 0.0641. The molecule has 1 saturated heterocycles. The molecular formula is C15H22O5. The van der Waals surface area contributed by atoms with E-state index in [-0.39, 0.29) is 12.6 Å². The molecule has 1 heterocycles. The van der Waals surface area contributed by atoms with Gasteiger partial charge in [-0.15, -0.1) is 0 Å². The topological polar surface area (TPSA) is 65.0 Å². The molecule has 1 unspecified atom stereocenters. The summed E-state index contributed by atoms with van der Waals surface area (Å²) >= 11 is 0. The largest absolute Gasteiger partial charge is 0.496 e. The maximum atomic E-state index is 8.36. The molecule has 112 valence electrons. The fourth-order valence-electron chi connectivity index (χ4n) is 2.18. The van der Waals surface area contributed by atoms with Crippen LogP contribution in [0.3, 0.4) is 0 Å². The second-order valence-electron chi connectivity index (χ2n) is 4.44. The Morgan fingerprint density at radius 3 is 2.55 bits per heavy atom.